The van der Waals surface area contributed by atoms with Crippen molar-refractivity contribution in [2.75, 3.05) is 0 Å². The van der Waals surface area contributed by atoms with Crippen LogP contribution in [0.4, 0.5) is 0 Å². The van der Waals surface area contributed by atoms with Gasteiger partial charge in [-0.05, 0) is 31.1 Å². The fraction of sp³-hybridized carbons (Fsp3) is 0.750. The zero-order chi connectivity index (χ0) is 11.6. The largest absolute Gasteiger partial charge is 0.308 e. The number of nitrogens with zero attached hydrogens (tertiary/aromatic N) is 1. The van der Waals surface area contributed by atoms with Gasteiger partial charge in [0.2, 0.25) is 0 Å². The number of aromatic nitrogens is 1. The zero-order valence-electron chi connectivity index (χ0n) is 9.92. The molecule has 0 bridgehead atoms. The summed E-state index contributed by atoms with van der Waals surface area (Å²) in [6, 6.07) is 0.663. The normalized spacial score (nSPS) is 21.2. The average Bonchev–Trinajstić information content (AvgIpc) is 2.63. The van der Waals surface area contributed by atoms with Crippen LogP contribution in [0.2, 0.25) is 4.34 Å². The predicted molar refractivity (Wildman–Crippen MR) is 70.0 cm³/mol. The van der Waals surface area contributed by atoms with E-state index in [0.29, 0.717) is 11.5 Å². The number of hydrogen-bond acceptors (Lipinski definition) is 3. The summed E-state index contributed by atoms with van der Waals surface area (Å²) >= 11 is 7.42. The Morgan fingerprint density at radius 1 is 1.50 bits per heavy atom. The molecule has 0 aliphatic heterocycles. The van der Waals surface area contributed by atoms with Gasteiger partial charge in [0.25, 0.3) is 0 Å². The molecule has 0 saturated heterocycles. The molecule has 0 unspecified atom stereocenters. The van der Waals surface area contributed by atoms with E-state index in [1.54, 1.807) is 17.5 Å². The summed E-state index contributed by atoms with van der Waals surface area (Å²) in [5.41, 5.74) is 0.544. The van der Waals surface area contributed by atoms with Crippen molar-refractivity contribution in [3.8, 4) is 0 Å². The quantitative estimate of drug-likeness (QED) is 0.891. The van der Waals surface area contributed by atoms with Gasteiger partial charge in [0.1, 0.15) is 9.34 Å². The number of hydrogen-bond donors (Lipinski definition) is 1. The molecule has 2 rings (SSSR count). The summed E-state index contributed by atoms with van der Waals surface area (Å²) < 4.78 is 0.779. The fourth-order valence-electron chi connectivity index (χ4n) is 2.20. The van der Waals surface area contributed by atoms with E-state index in [0.717, 1.165) is 15.9 Å². The third kappa shape index (κ3) is 3.44. The maximum absolute atomic E-state index is 5.85. The third-order valence-corrected chi connectivity index (χ3v) is 4.52. The number of rotatable bonds is 3. The van der Waals surface area contributed by atoms with Crippen molar-refractivity contribution < 1.29 is 0 Å². The summed E-state index contributed by atoms with van der Waals surface area (Å²) in [6.45, 7) is 5.59. The fourth-order valence-corrected chi connectivity index (χ4v) is 3.11. The minimum absolute atomic E-state index is 0.544. The van der Waals surface area contributed by atoms with Crippen LogP contribution < -0.4 is 5.32 Å². The van der Waals surface area contributed by atoms with Crippen molar-refractivity contribution in [1.82, 2.24) is 10.3 Å². The van der Waals surface area contributed by atoms with E-state index in [2.05, 4.69) is 24.1 Å². The van der Waals surface area contributed by atoms with Crippen LogP contribution in [0.5, 0.6) is 0 Å². The SMILES string of the molecule is CC1(C)CCC(NCc2ncc(Cl)s2)CC1. The molecule has 0 aromatic carbocycles. The Morgan fingerprint density at radius 2 is 2.19 bits per heavy atom. The maximum atomic E-state index is 5.85. The Hall–Kier alpha value is -0.120. The van der Waals surface area contributed by atoms with E-state index >= 15 is 0 Å². The molecule has 1 heterocycles. The summed E-state index contributed by atoms with van der Waals surface area (Å²) in [5.74, 6) is 0. The van der Waals surface area contributed by atoms with Crippen molar-refractivity contribution in [2.24, 2.45) is 5.41 Å². The highest BCUT2D eigenvalue weighted by molar-refractivity contribution is 7.15. The number of nitrogens with one attached hydrogen (secondary N) is 1. The highest BCUT2D eigenvalue weighted by atomic mass is 35.5. The van der Waals surface area contributed by atoms with Gasteiger partial charge in [-0.1, -0.05) is 25.4 Å². The van der Waals surface area contributed by atoms with Crippen molar-refractivity contribution in [2.45, 2.75) is 52.1 Å². The van der Waals surface area contributed by atoms with Gasteiger partial charge in [0, 0.05) is 12.6 Å². The molecule has 0 radical (unpaired) electrons. The average molecular weight is 259 g/mol. The standard InChI is InChI=1S/C12H19ClN2S/c1-12(2)5-3-9(4-6-12)14-8-11-15-7-10(13)16-11/h7,9,14H,3-6,8H2,1-2H3. The Kier molecular flexibility index (Phi) is 3.88. The number of thiazole rings is 1. The summed E-state index contributed by atoms with van der Waals surface area (Å²) in [4.78, 5) is 4.25. The lowest BCUT2D eigenvalue weighted by atomic mass is 9.75. The molecule has 1 aliphatic carbocycles. The van der Waals surface area contributed by atoms with Gasteiger partial charge in [-0.25, -0.2) is 4.98 Å². The van der Waals surface area contributed by atoms with Gasteiger partial charge in [0.05, 0.1) is 6.20 Å². The lowest BCUT2D eigenvalue weighted by Crippen LogP contribution is -2.35. The van der Waals surface area contributed by atoms with Crippen molar-refractivity contribution in [3.05, 3.63) is 15.5 Å². The molecule has 0 atom stereocenters. The van der Waals surface area contributed by atoms with Crippen LogP contribution in [0.15, 0.2) is 6.20 Å². The van der Waals surface area contributed by atoms with Crippen LogP contribution in [0.1, 0.15) is 44.5 Å². The molecular weight excluding hydrogens is 240 g/mol. The van der Waals surface area contributed by atoms with E-state index < -0.39 is 0 Å². The summed E-state index contributed by atoms with van der Waals surface area (Å²) in [6.07, 6.45) is 6.94. The first-order valence-electron chi connectivity index (χ1n) is 5.89. The van der Waals surface area contributed by atoms with Crippen LogP contribution in [0.25, 0.3) is 0 Å². The first-order valence-corrected chi connectivity index (χ1v) is 7.08. The van der Waals surface area contributed by atoms with Gasteiger partial charge < -0.3 is 5.32 Å². The first kappa shape index (κ1) is 12.3. The van der Waals surface area contributed by atoms with Crippen molar-refractivity contribution >= 4 is 22.9 Å². The highest BCUT2D eigenvalue weighted by Gasteiger charge is 2.26. The monoisotopic (exact) mass is 258 g/mol. The molecule has 1 aliphatic rings. The van der Waals surface area contributed by atoms with Gasteiger partial charge in [0.15, 0.2) is 0 Å². The molecule has 4 heteroatoms. The lowest BCUT2D eigenvalue weighted by Gasteiger charge is -2.34. The van der Waals surface area contributed by atoms with Gasteiger partial charge in [-0.3, -0.25) is 0 Å². The molecule has 1 aromatic heterocycles. The molecule has 2 nitrogen and oxygen atoms in total. The minimum atomic E-state index is 0.544. The van der Waals surface area contributed by atoms with E-state index in [4.69, 9.17) is 11.6 Å². The molecule has 1 N–H and O–H groups in total. The minimum Gasteiger partial charge on any atom is -0.308 e. The van der Waals surface area contributed by atoms with Gasteiger partial charge in [-0.15, -0.1) is 11.3 Å². The lowest BCUT2D eigenvalue weighted by molar-refractivity contribution is 0.206. The van der Waals surface area contributed by atoms with E-state index in [1.165, 1.54) is 25.7 Å². The van der Waals surface area contributed by atoms with Crippen LogP contribution >= 0.6 is 22.9 Å². The molecule has 1 fully saturated rings. The topological polar surface area (TPSA) is 24.9 Å². The molecule has 1 saturated carbocycles. The van der Waals surface area contributed by atoms with Crippen LogP contribution in [-0.4, -0.2) is 11.0 Å². The first-order chi connectivity index (χ1) is 7.55. The molecule has 16 heavy (non-hydrogen) atoms. The highest BCUT2D eigenvalue weighted by Crippen LogP contribution is 2.35. The van der Waals surface area contributed by atoms with Crippen LogP contribution in [-0.2, 0) is 6.54 Å². The third-order valence-electron chi connectivity index (χ3n) is 3.41. The second kappa shape index (κ2) is 5.03. The van der Waals surface area contributed by atoms with Crippen molar-refractivity contribution in [3.63, 3.8) is 0 Å². The molecule has 0 spiro atoms. The van der Waals surface area contributed by atoms with E-state index in [1.807, 2.05) is 0 Å². The van der Waals surface area contributed by atoms with E-state index in [-0.39, 0.29) is 0 Å². The smallest absolute Gasteiger partial charge is 0.113 e. The second-order valence-corrected chi connectivity index (χ2v) is 7.12. The summed E-state index contributed by atoms with van der Waals surface area (Å²) in [7, 11) is 0. The van der Waals surface area contributed by atoms with Crippen LogP contribution in [0, 0.1) is 5.41 Å². The zero-order valence-corrected chi connectivity index (χ0v) is 11.5. The Labute approximate surface area is 106 Å². The van der Waals surface area contributed by atoms with Gasteiger partial charge in [-0.2, -0.15) is 0 Å². The molecule has 0 amide bonds. The number of halogens is 1. The maximum Gasteiger partial charge on any atom is 0.113 e. The predicted octanol–water partition coefficient (Wildman–Crippen LogP) is 3.85. The Morgan fingerprint density at radius 3 is 2.75 bits per heavy atom. The molecule has 1 aromatic rings. The summed E-state index contributed by atoms with van der Waals surface area (Å²) in [5, 5.41) is 4.67. The molecule has 90 valence electrons. The van der Waals surface area contributed by atoms with Crippen molar-refractivity contribution in [1.29, 1.82) is 0 Å². The molecular formula is C12H19ClN2S. The Bertz CT molecular complexity index is 339. The second-order valence-electron chi connectivity index (χ2n) is 5.38. The van der Waals surface area contributed by atoms with E-state index in [9.17, 15) is 0 Å². The Balaban J connectivity index is 1.75. The van der Waals surface area contributed by atoms with Crippen LogP contribution in [0.3, 0.4) is 0 Å². The van der Waals surface area contributed by atoms with Gasteiger partial charge >= 0.3 is 0 Å².